The second kappa shape index (κ2) is 10.8. The Morgan fingerprint density at radius 1 is 0.944 bits per heavy atom. The maximum Gasteiger partial charge on any atom is 0.357 e. The monoisotopic (exact) mass is 531 g/mol. The Morgan fingerprint density at radius 3 is 1.97 bits per heavy atom. The zero-order valence-corrected chi connectivity index (χ0v) is 20.0. The maximum atomic E-state index is 12.8. The van der Waals surface area contributed by atoms with Crippen LogP contribution in [0.5, 0.6) is 0 Å². The van der Waals surface area contributed by atoms with Crippen LogP contribution in [0.1, 0.15) is 17.5 Å². The molecule has 36 heavy (non-hydrogen) atoms. The van der Waals surface area contributed by atoms with Gasteiger partial charge in [-0.25, -0.2) is 4.79 Å². The molecule has 0 aliphatic carbocycles. The summed E-state index contributed by atoms with van der Waals surface area (Å²) in [6.45, 7) is -0.214. The van der Waals surface area contributed by atoms with Crippen LogP contribution in [0.3, 0.4) is 0 Å². The van der Waals surface area contributed by atoms with Gasteiger partial charge in [0, 0.05) is 24.3 Å². The number of fused-ring (bicyclic) bond motifs is 1. The number of hydrogen-bond donors (Lipinski definition) is 0. The molecule has 4 rings (SSSR count). The number of amides is 1. The number of hydrogen-bond acceptors (Lipinski definition) is 11. The van der Waals surface area contributed by atoms with Gasteiger partial charge in [0.1, 0.15) is 13.2 Å². The smallest absolute Gasteiger partial charge is 0.357 e. The summed E-state index contributed by atoms with van der Waals surface area (Å²) in [6, 6.07) is 11.1. The molecule has 1 saturated heterocycles. The molecule has 12 nitrogen and oxygen atoms in total. The molecule has 2 aromatic carbocycles. The van der Waals surface area contributed by atoms with Gasteiger partial charge in [0.25, 0.3) is 11.4 Å². The van der Waals surface area contributed by atoms with Gasteiger partial charge in [0.2, 0.25) is 5.91 Å². The van der Waals surface area contributed by atoms with E-state index in [1.54, 1.807) is 0 Å². The third kappa shape index (κ3) is 5.66. The Morgan fingerprint density at radius 2 is 1.47 bits per heavy atom. The second-order valence-electron chi connectivity index (χ2n) is 7.55. The van der Waals surface area contributed by atoms with Crippen LogP contribution >= 0.6 is 23.5 Å². The first-order valence-electron chi connectivity index (χ1n) is 10.4. The van der Waals surface area contributed by atoms with Gasteiger partial charge in [-0.1, -0.05) is 11.8 Å². The predicted molar refractivity (Wildman–Crippen MR) is 128 cm³/mol. The third-order valence-electron chi connectivity index (χ3n) is 5.16. The lowest BCUT2D eigenvalue weighted by molar-refractivity contribution is -0.385. The summed E-state index contributed by atoms with van der Waals surface area (Å²) in [5.41, 5.74) is 1.02. The van der Waals surface area contributed by atoms with Gasteiger partial charge in [0.05, 0.1) is 31.6 Å². The highest BCUT2D eigenvalue weighted by Gasteiger charge is 2.49. The van der Waals surface area contributed by atoms with Crippen LogP contribution in [-0.2, 0) is 37.1 Å². The summed E-state index contributed by atoms with van der Waals surface area (Å²) in [5.74, 6) is -1.65. The number of carbonyl (C=O) groups excluding carboxylic acids is 3. The normalized spacial score (nSPS) is 16.3. The highest BCUT2D eigenvalue weighted by molar-refractivity contribution is 8.23. The van der Waals surface area contributed by atoms with Crippen molar-refractivity contribution in [2.45, 2.75) is 25.0 Å². The lowest BCUT2D eigenvalue weighted by atomic mass is 10.2. The molecule has 0 spiro atoms. The van der Waals surface area contributed by atoms with Crippen LogP contribution in [0.25, 0.3) is 0 Å². The molecule has 1 atom stereocenters. The lowest BCUT2D eigenvalue weighted by Crippen LogP contribution is -2.48. The fourth-order valence-electron chi connectivity index (χ4n) is 3.29. The van der Waals surface area contributed by atoms with E-state index in [4.69, 9.17) is 9.47 Å². The van der Waals surface area contributed by atoms with Gasteiger partial charge in [-0.15, -0.1) is 11.8 Å². The zero-order chi connectivity index (χ0) is 25.8. The van der Waals surface area contributed by atoms with Crippen molar-refractivity contribution >= 4 is 52.7 Å². The highest BCUT2D eigenvalue weighted by Crippen LogP contribution is 2.50. The van der Waals surface area contributed by atoms with Gasteiger partial charge >= 0.3 is 11.9 Å². The van der Waals surface area contributed by atoms with Gasteiger partial charge < -0.3 is 9.47 Å². The van der Waals surface area contributed by atoms with Crippen LogP contribution < -0.4 is 0 Å². The number of esters is 2. The molecule has 0 unspecified atom stereocenters. The van der Waals surface area contributed by atoms with Crippen molar-refractivity contribution in [2.75, 3.05) is 5.75 Å². The number of carbonyl (C=O) groups is 3. The maximum absolute atomic E-state index is 12.8. The van der Waals surface area contributed by atoms with Crippen molar-refractivity contribution in [1.29, 1.82) is 0 Å². The number of β-lactam (4-membered cyclic amide) rings is 1. The quantitative estimate of drug-likeness (QED) is 0.191. The fourth-order valence-corrected chi connectivity index (χ4v) is 5.81. The topological polar surface area (TPSA) is 159 Å². The molecule has 2 aromatic rings. The molecule has 1 amide bonds. The van der Waals surface area contributed by atoms with Crippen LogP contribution in [0.15, 0.2) is 58.5 Å². The summed E-state index contributed by atoms with van der Waals surface area (Å²) in [7, 11) is 0. The average Bonchev–Trinajstić information content (AvgIpc) is 3.17. The number of non-ortho nitro benzene ring substituents is 2. The number of rotatable bonds is 10. The molecule has 0 radical (unpaired) electrons. The molecule has 14 heteroatoms. The Labute approximate surface area is 211 Å². The van der Waals surface area contributed by atoms with E-state index < -0.39 is 21.8 Å². The molecule has 0 bridgehead atoms. The molecule has 2 aliphatic heterocycles. The number of benzene rings is 2. The summed E-state index contributed by atoms with van der Waals surface area (Å²) in [6.07, 6.45) is 0.262. The first-order valence-corrected chi connectivity index (χ1v) is 12.2. The van der Waals surface area contributed by atoms with Crippen LogP contribution in [-0.4, -0.2) is 43.7 Å². The van der Waals surface area contributed by atoms with Crippen molar-refractivity contribution in [1.82, 2.24) is 4.90 Å². The van der Waals surface area contributed by atoms with Crippen molar-refractivity contribution in [3.8, 4) is 0 Å². The van der Waals surface area contributed by atoms with E-state index in [0.717, 1.165) is 11.8 Å². The van der Waals surface area contributed by atoms with Crippen LogP contribution in [0.4, 0.5) is 11.4 Å². The van der Waals surface area contributed by atoms with E-state index in [1.165, 1.54) is 65.2 Å². The Kier molecular flexibility index (Phi) is 7.55. The van der Waals surface area contributed by atoms with E-state index in [0.29, 0.717) is 15.4 Å². The predicted octanol–water partition coefficient (Wildman–Crippen LogP) is 3.50. The SMILES string of the molecule is O=C(CSC1=C(C(=O)OCc2ccc([N+](=O)[O-])cc2)N2C(=O)C[C@H]2S1)OCc1ccc([N+](=O)[O-])cc1. The molecule has 0 aromatic heterocycles. The summed E-state index contributed by atoms with van der Waals surface area (Å²) < 4.78 is 11.0. The molecule has 186 valence electrons. The molecule has 0 saturated carbocycles. The minimum atomic E-state index is -0.738. The minimum Gasteiger partial charge on any atom is -0.460 e. The van der Waals surface area contributed by atoms with Crippen molar-refractivity contribution in [3.05, 3.63) is 89.8 Å². The zero-order valence-electron chi connectivity index (χ0n) is 18.4. The van der Waals surface area contributed by atoms with E-state index in [2.05, 4.69) is 0 Å². The Balaban J connectivity index is 1.34. The van der Waals surface area contributed by atoms with Gasteiger partial charge in [-0.2, -0.15) is 0 Å². The molecular formula is C22H17N3O9S2. The van der Waals surface area contributed by atoms with Crippen LogP contribution in [0.2, 0.25) is 0 Å². The van der Waals surface area contributed by atoms with Crippen LogP contribution in [0, 0.1) is 20.2 Å². The minimum absolute atomic E-state index is 0.0660. The fraction of sp³-hybridized carbons (Fsp3) is 0.227. The molecule has 2 aliphatic rings. The largest absolute Gasteiger partial charge is 0.460 e. The molecule has 2 heterocycles. The average molecular weight is 532 g/mol. The number of ether oxygens (including phenoxy) is 2. The van der Waals surface area contributed by atoms with E-state index >= 15 is 0 Å². The second-order valence-corrected chi connectivity index (χ2v) is 9.98. The van der Waals surface area contributed by atoms with E-state index in [9.17, 15) is 34.6 Å². The van der Waals surface area contributed by atoms with E-state index in [-0.39, 0.29) is 53.7 Å². The van der Waals surface area contributed by atoms with Gasteiger partial charge in [-0.3, -0.25) is 34.7 Å². The van der Waals surface area contributed by atoms with Crippen molar-refractivity contribution in [3.63, 3.8) is 0 Å². The number of nitrogens with zero attached hydrogens (tertiary/aromatic N) is 3. The number of thioether (sulfide) groups is 2. The summed E-state index contributed by atoms with van der Waals surface area (Å²) in [4.78, 5) is 58.9. The first-order chi connectivity index (χ1) is 17.2. The molecule has 1 fully saturated rings. The molecular weight excluding hydrogens is 514 g/mol. The van der Waals surface area contributed by atoms with Gasteiger partial charge in [0.15, 0.2) is 5.70 Å². The summed E-state index contributed by atoms with van der Waals surface area (Å²) in [5, 5.41) is 21.2. The van der Waals surface area contributed by atoms with Crippen molar-refractivity contribution in [2.24, 2.45) is 0 Å². The number of nitro benzene ring substituents is 2. The lowest BCUT2D eigenvalue weighted by Gasteiger charge is -2.34. The summed E-state index contributed by atoms with van der Waals surface area (Å²) >= 11 is 2.34. The van der Waals surface area contributed by atoms with Gasteiger partial charge in [-0.05, 0) is 35.4 Å². The number of nitro groups is 2. The first kappa shape index (κ1) is 25.2. The van der Waals surface area contributed by atoms with Crippen molar-refractivity contribution < 1.29 is 33.7 Å². The highest BCUT2D eigenvalue weighted by atomic mass is 32.2. The third-order valence-corrected chi connectivity index (χ3v) is 7.70. The van der Waals surface area contributed by atoms with E-state index in [1.807, 2.05) is 0 Å². The Hall–Kier alpha value is -3.91. The Bertz CT molecular complexity index is 1260. The standard InChI is InChI=1S/C22H17N3O9S2/c26-17-9-18-23(17)20(21(28)34-11-14-3-7-16(8-4-14)25(31)32)22(36-18)35-12-19(27)33-10-13-1-5-15(6-2-13)24(29)30/h1-8,18H,9-12H2/t18-/m1/s1. The molecule has 0 N–H and O–H groups in total.